The highest BCUT2D eigenvalue weighted by molar-refractivity contribution is 5.88. The summed E-state index contributed by atoms with van der Waals surface area (Å²) in [4.78, 5) is 41.8. The molecule has 1 heterocycles. The molecule has 33 heavy (non-hydrogen) atoms. The highest BCUT2D eigenvalue weighted by atomic mass is 16.5. The van der Waals surface area contributed by atoms with Gasteiger partial charge in [0, 0.05) is 32.6 Å². The molecule has 0 spiro atoms. The van der Waals surface area contributed by atoms with Crippen LogP contribution in [0.15, 0.2) is 30.3 Å². The Kier molecular flexibility index (Phi) is 9.58. The fraction of sp³-hybridized carbons (Fsp3) is 0.654. The summed E-state index contributed by atoms with van der Waals surface area (Å²) in [6.45, 7) is 5.85. The standard InChI is InChI=1S/C26H39N3O4/c1-20(2)25(27-23(30)19-33-22-11-7-4-8-12-22)26(32)29-17-15-28(16-18-29)24(31)14-13-21-9-5-3-6-10-21/h4,7-8,11-12,20-21,25H,3,5-6,9-10,13-19H2,1-2H3,(H,27,30). The lowest BCUT2D eigenvalue weighted by molar-refractivity contribution is -0.143. The Morgan fingerprint density at radius 3 is 2.24 bits per heavy atom. The SMILES string of the molecule is CC(C)C(NC(=O)COc1ccccc1)C(=O)N1CCN(C(=O)CCC2CCCCC2)CC1. The maximum absolute atomic E-state index is 13.1. The predicted octanol–water partition coefficient (Wildman–Crippen LogP) is 3.24. The first-order valence-corrected chi connectivity index (χ1v) is 12.5. The van der Waals surface area contributed by atoms with E-state index >= 15 is 0 Å². The van der Waals surface area contributed by atoms with E-state index in [2.05, 4.69) is 5.32 Å². The van der Waals surface area contributed by atoms with Crippen LogP contribution in [-0.4, -0.2) is 66.3 Å². The van der Waals surface area contributed by atoms with Crippen molar-refractivity contribution in [2.24, 2.45) is 11.8 Å². The number of para-hydroxylation sites is 1. The maximum Gasteiger partial charge on any atom is 0.258 e. The molecule has 2 aliphatic rings. The van der Waals surface area contributed by atoms with Crippen molar-refractivity contribution in [1.82, 2.24) is 15.1 Å². The number of nitrogens with one attached hydrogen (secondary N) is 1. The third-order valence-corrected chi connectivity index (χ3v) is 6.80. The van der Waals surface area contributed by atoms with Crippen molar-refractivity contribution in [3.63, 3.8) is 0 Å². The van der Waals surface area contributed by atoms with Gasteiger partial charge in [0.25, 0.3) is 5.91 Å². The van der Waals surface area contributed by atoms with Crippen LogP contribution in [0.25, 0.3) is 0 Å². The number of carbonyl (C=O) groups is 3. The van der Waals surface area contributed by atoms with Gasteiger partial charge in [0.15, 0.2) is 6.61 Å². The average molecular weight is 458 g/mol. The lowest BCUT2D eigenvalue weighted by atomic mass is 9.86. The molecule has 182 valence electrons. The van der Waals surface area contributed by atoms with Crippen LogP contribution in [0.5, 0.6) is 5.75 Å². The lowest BCUT2D eigenvalue weighted by Crippen LogP contribution is -2.57. The Morgan fingerprint density at radius 2 is 1.61 bits per heavy atom. The predicted molar refractivity (Wildman–Crippen MR) is 128 cm³/mol. The fourth-order valence-electron chi connectivity index (χ4n) is 4.73. The van der Waals surface area contributed by atoms with Crippen LogP contribution < -0.4 is 10.1 Å². The van der Waals surface area contributed by atoms with Gasteiger partial charge in [-0.25, -0.2) is 0 Å². The van der Waals surface area contributed by atoms with Crippen molar-refractivity contribution in [2.75, 3.05) is 32.8 Å². The quantitative estimate of drug-likeness (QED) is 0.618. The number of benzene rings is 1. The molecular weight excluding hydrogens is 418 g/mol. The highest BCUT2D eigenvalue weighted by Gasteiger charge is 2.31. The van der Waals surface area contributed by atoms with E-state index in [1.54, 1.807) is 17.0 Å². The molecule has 3 amide bonds. The second kappa shape index (κ2) is 12.6. The van der Waals surface area contributed by atoms with E-state index in [1.165, 1.54) is 32.1 Å². The topological polar surface area (TPSA) is 79.0 Å². The number of piperazine rings is 1. The van der Waals surface area contributed by atoms with Gasteiger partial charge < -0.3 is 19.9 Å². The van der Waals surface area contributed by atoms with Crippen molar-refractivity contribution >= 4 is 17.7 Å². The zero-order chi connectivity index (χ0) is 23.6. The van der Waals surface area contributed by atoms with Crippen LogP contribution >= 0.6 is 0 Å². The molecular formula is C26H39N3O4. The number of carbonyl (C=O) groups excluding carboxylic acids is 3. The molecule has 7 heteroatoms. The van der Waals surface area contributed by atoms with Crippen molar-refractivity contribution in [2.45, 2.75) is 64.8 Å². The van der Waals surface area contributed by atoms with Crippen LogP contribution in [0.4, 0.5) is 0 Å². The fourth-order valence-corrected chi connectivity index (χ4v) is 4.73. The molecule has 3 rings (SSSR count). The first-order valence-electron chi connectivity index (χ1n) is 12.5. The van der Waals surface area contributed by atoms with Crippen LogP contribution in [0.3, 0.4) is 0 Å². The normalized spacial score (nSPS) is 18.2. The molecule has 1 atom stereocenters. The number of rotatable bonds is 9. The van der Waals surface area contributed by atoms with Crippen molar-refractivity contribution < 1.29 is 19.1 Å². The van der Waals surface area contributed by atoms with E-state index in [0.717, 1.165) is 6.42 Å². The van der Waals surface area contributed by atoms with Gasteiger partial charge in [0.1, 0.15) is 11.8 Å². The number of amides is 3. The van der Waals surface area contributed by atoms with E-state index in [1.807, 2.05) is 36.9 Å². The molecule has 1 aliphatic heterocycles. The Labute approximate surface area is 197 Å². The summed E-state index contributed by atoms with van der Waals surface area (Å²) in [6, 6.07) is 8.53. The Hall–Kier alpha value is -2.57. The van der Waals surface area contributed by atoms with E-state index in [9.17, 15) is 14.4 Å². The van der Waals surface area contributed by atoms with Gasteiger partial charge in [-0.1, -0.05) is 64.2 Å². The van der Waals surface area contributed by atoms with Crippen molar-refractivity contribution in [1.29, 1.82) is 0 Å². The summed E-state index contributed by atoms with van der Waals surface area (Å²) >= 11 is 0. The third-order valence-electron chi connectivity index (χ3n) is 6.80. The van der Waals surface area contributed by atoms with Crippen LogP contribution in [0.2, 0.25) is 0 Å². The summed E-state index contributed by atoms with van der Waals surface area (Å²) in [5.41, 5.74) is 0. The Bertz CT molecular complexity index is 769. The van der Waals surface area contributed by atoms with Crippen molar-refractivity contribution in [3.8, 4) is 5.75 Å². The van der Waals surface area contributed by atoms with Gasteiger partial charge in [-0.15, -0.1) is 0 Å². The van der Waals surface area contributed by atoms with Crippen LogP contribution in [-0.2, 0) is 14.4 Å². The third kappa shape index (κ3) is 7.76. The minimum Gasteiger partial charge on any atom is -0.484 e. The first kappa shape index (κ1) is 25.1. The molecule has 2 fully saturated rings. The Balaban J connectivity index is 1.42. The number of nitrogens with zero attached hydrogens (tertiary/aromatic N) is 2. The van der Waals surface area contributed by atoms with Crippen molar-refractivity contribution in [3.05, 3.63) is 30.3 Å². The summed E-state index contributed by atoms with van der Waals surface area (Å²) in [6.07, 6.45) is 8.05. The van der Waals surface area contributed by atoms with Crippen LogP contribution in [0, 0.1) is 11.8 Å². The van der Waals surface area contributed by atoms with Gasteiger partial charge in [0.05, 0.1) is 0 Å². The first-order chi connectivity index (χ1) is 15.9. The molecule has 1 aliphatic carbocycles. The smallest absolute Gasteiger partial charge is 0.258 e. The number of ether oxygens (including phenoxy) is 1. The molecule has 1 aromatic rings. The molecule has 1 aromatic carbocycles. The van der Waals surface area contributed by atoms with Gasteiger partial charge in [-0.3, -0.25) is 14.4 Å². The molecule has 0 bridgehead atoms. The summed E-state index contributed by atoms with van der Waals surface area (Å²) in [5, 5.41) is 2.84. The van der Waals surface area contributed by atoms with E-state index in [0.29, 0.717) is 44.3 Å². The number of hydrogen-bond acceptors (Lipinski definition) is 4. The second-order valence-corrected chi connectivity index (χ2v) is 9.64. The summed E-state index contributed by atoms with van der Waals surface area (Å²) in [7, 11) is 0. The maximum atomic E-state index is 13.1. The minimum absolute atomic E-state index is 0.0478. The lowest BCUT2D eigenvalue weighted by Gasteiger charge is -2.37. The molecule has 0 aromatic heterocycles. The average Bonchev–Trinajstić information content (AvgIpc) is 2.85. The summed E-state index contributed by atoms with van der Waals surface area (Å²) < 4.78 is 5.50. The molecule has 1 saturated heterocycles. The largest absolute Gasteiger partial charge is 0.484 e. The Morgan fingerprint density at radius 1 is 0.970 bits per heavy atom. The molecule has 1 unspecified atom stereocenters. The summed E-state index contributed by atoms with van der Waals surface area (Å²) in [5.74, 6) is 1.07. The molecule has 1 N–H and O–H groups in total. The molecule has 1 saturated carbocycles. The van der Waals surface area contributed by atoms with E-state index < -0.39 is 6.04 Å². The highest BCUT2D eigenvalue weighted by Crippen LogP contribution is 2.27. The van der Waals surface area contributed by atoms with Crippen LogP contribution in [0.1, 0.15) is 58.8 Å². The monoisotopic (exact) mass is 457 g/mol. The zero-order valence-corrected chi connectivity index (χ0v) is 20.1. The number of hydrogen-bond donors (Lipinski definition) is 1. The van der Waals surface area contributed by atoms with Gasteiger partial charge in [-0.2, -0.15) is 0 Å². The van der Waals surface area contributed by atoms with Gasteiger partial charge in [-0.05, 0) is 30.4 Å². The molecule has 7 nitrogen and oxygen atoms in total. The minimum atomic E-state index is -0.606. The second-order valence-electron chi connectivity index (χ2n) is 9.64. The van der Waals surface area contributed by atoms with Gasteiger partial charge in [0.2, 0.25) is 11.8 Å². The van der Waals surface area contributed by atoms with Gasteiger partial charge >= 0.3 is 0 Å². The zero-order valence-electron chi connectivity index (χ0n) is 20.1. The van der Waals surface area contributed by atoms with E-state index in [4.69, 9.17) is 4.74 Å². The van der Waals surface area contributed by atoms with E-state index in [-0.39, 0.29) is 30.2 Å². The molecule has 0 radical (unpaired) electrons.